The summed E-state index contributed by atoms with van der Waals surface area (Å²) >= 11 is 0. The van der Waals surface area contributed by atoms with E-state index in [4.69, 9.17) is 0 Å². The van der Waals surface area contributed by atoms with Crippen molar-refractivity contribution in [1.82, 2.24) is 10.3 Å². The van der Waals surface area contributed by atoms with Crippen molar-refractivity contribution >= 4 is 5.70 Å². The van der Waals surface area contributed by atoms with Crippen molar-refractivity contribution in [3.8, 4) is 12.8 Å². The molecule has 0 spiro atoms. The van der Waals surface area contributed by atoms with Crippen LogP contribution in [0.4, 0.5) is 0 Å². The number of hydrogen-bond acceptors (Lipinski definition) is 2. The average molecular weight is 174 g/mol. The number of terminal acetylenes is 1. The molecule has 0 aliphatic heterocycles. The van der Waals surface area contributed by atoms with Gasteiger partial charge in [0.05, 0.1) is 0 Å². The molecule has 0 saturated heterocycles. The Morgan fingerprint density at radius 1 is 1.62 bits per heavy atom. The van der Waals surface area contributed by atoms with Gasteiger partial charge in [0.15, 0.2) is 0 Å². The molecule has 0 aliphatic carbocycles. The third-order valence-corrected chi connectivity index (χ3v) is 1.40. The van der Waals surface area contributed by atoms with E-state index in [0.717, 1.165) is 17.8 Å². The van der Waals surface area contributed by atoms with Crippen molar-refractivity contribution in [1.29, 1.82) is 0 Å². The van der Waals surface area contributed by atoms with Crippen molar-refractivity contribution in [3.63, 3.8) is 0 Å². The Kier molecular flexibility index (Phi) is 6.00. The minimum absolute atomic E-state index is 0.897. The monoisotopic (exact) mass is 174 g/mol. The zero-order valence-electron chi connectivity index (χ0n) is 7.83. The van der Waals surface area contributed by atoms with Crippen molar-refractivity contribution in [2.24, 2.45) is 0 Å². The molecule has 0 bridgehead atoms. The molecule has 0 saturated carbocycles. The number of hydrogen-bond donors (Lipinski definition) is 1. The molecule has 1 aromatic heterocycles. The Labute approximate surface area is 79.7 Å². The summed E-state index contributed by atoms with van der Waals surface area (Å²) in [6.45, 7) is 6.80. The highest BCUT2D eigenvalue weighted by Gasteiger charge is 1.93. The number of pyridine rings is 1. The van der Waals surface area contributed by atoms with Gasteiger partial charge in [-0.15, -0.1) is 12.8 Å². The van der Waals surface area contributed by atoms with Gasteiger partial charge in [-0.1, -0.05) is 6.58 Å². The number of nitrogens with one attached hydrogen (secondary N) is 1. The van der Waals surface area contributed by atoms with Gasteiger partial charge in [-0.25, -0.2) is 0 Å². The van der Waals surface area contributed by atoms with Gasteiger partial charge in [0, 0.05) is 30.2 Å². The molecule has 2 nitrogen and oxygen atoms in total. The lowest BCUT2D eigenvalue weighted by molar-refractivity contribution is 0.940. The van der Waals surface area contributed by atoms with Crippen LogP contribution in [0.1, 0.15) is 12.5 Å². The van der Waals surface area contributed by atoms with Gasteiger partial charge in [0.25, 0.3) is 0 Å². The highest BCUT2D eigenvalue weighted by molar-refractivity contribution is 5.60. The van der Waals surface area contributed by atoms with Crippen LogP contribution in [0.2, 0.25) is 0 Å². The minimum atomic E-state index is 0.897. The summed E-state index contributed by atoms with van der Waals surface area (Å²) in [6, 6.07) is 3.88. The van der Waals surface area contributed by atoms with Gasteiger partial charge in [0.1, 0.15) is 0 Å². The molecule has 1 N–H and O–H groups in total. The topological polar surface area (TPSA) is 24.9 Å². The smallest absolute Gasteiger partial charge is 0.0360 e. The fourth-order valence-electron chi connectivity index (χ4n) is 0.857. The SMILES string of the molecule is C#C.C=C(NCC)c1cccnc1. The second kappa shape index (κ2) is 6.93. The molecule has 0 atom stereocenters. The van der Waals surface area contributed by atoms with Crippen LogP contribution in [0.15, 0.2) is 31.1 Å². The predicted molar refractivity (Wildman–Crippen MR) is 56.8 cm³/mol. The van der Waals surface area contributed by atoms with Crippen molar-refractivity contribution in [2.45, 2.75) is 6.92 Å². The van der Waals surface area contributed by atoms with Gasteiger partial charge in [-0.05, 0) is 19.1 Å². The Morgan fingerprint density at radius 3 is 2.77 bits per heavy atom. The number of rotatable bonds is 3. The summed E-state index contributed by atoms with van der Waals surface area (Å²) in [5.74, 6) is 0. The Balaban J connectivity index is 0.000000671. The summed E-state index contributed by atoms with van der Waals surface area (Å²) in [5.41, 5.74) is 1.98. The second-order valence-corrected chi connectivity index (χ2v) is 2.25. The van der Waals surface area contributed by atoms with E-state index in [1.807, 2.05) is 19.1 Å². The third kappa shape index (κ3) is 3.97. The molecule has 1 aromatic rings. The van der Waals surface area contributed by atoms with Gasteiger partial charge in [-0.3, -0.25) is 4.98 Å². The standard InChI is InChI=1S/C9H12N2.C2H2/c1-3-11-8(2)9-5-4-6-10-7-9;1-2/h4-7,11H,2-3H2,1H3;1-2H. The van der Waals surface area contributed by atoms with Gasteiger partial charge < -0.3 is 5.32 Å². The molecule has 0 fully saturated rings. The normalized spacial score (nSPS) is 7.92. The quantitative estimate of drug-likeness (QED) is 0.708. The first-order valence-electron chi connectivity index (χ1n) is 4.01. The zero-order chi connectivity index (χ0) is 10.1. The van der Waals surface area contributed by atoms with Crippen molar-refractivity contribution in [3.05, 3.63) is 36.7 Å². The molecule has 1 rings (SSSR count). The van der Waals surface area contributed by atoms with E-state index in [1.54, 1.807) is 12.4 Å². The highest BCUT2D eigenvalue weighted by Crippen LogP contribution is 2.05. The predicted octanol–water partition coefficient (Wildman–Crippen LogP) is 1.91. The van der Waals surface area contributed by atoms with Crippen LogP contribution >= 0.6 is 0 Å². The molecule has 0 aromatic carbocycles. The number of aromatic nitrogens is 1. The second-order valence-electron chi connectivity index (χ2n) is 2.25. The molecule has 0 radical (unpaired) electrons. The fourth-order valence-corrected chi connectivity index (χ4v) is 0.857. The maximum Gasteiger partial charge on any atom is 0.0360 e. The molecule has 0 unspecified atom stereocenters. The van der Waals surface area contributed by atoms with Crippen LogP contribution in [0.3, 0.4) is 0 Å². The van der Waals surface area contributed by atoms with Crippen LogP contribution in [0, 0.1) is 12.8 Å². The Bertz CT molecular complexity index is 262. The first-order valence-corrected chi connectivity index (χ1v) is 4.01. The summed E-state index contributed by atoms with van der Waals surface area (Å²) in [4.78, 5) is 3.99. The van der Waals surface area contributed by atoms with Crippen molar-refractivity contribution < 1.29 is 0 Å². The van der Waals surface area contributed by atoms with E-state index in [1.165, 1.54) is 0 Å². The van der Waals surface area contributed by atoms with Crippen LogP contribution < -0.4 is 5.32 Å². The summed E-state index contributed by atoms with van der Waals surface area (Å²) in [5, 5.41) is 3.13. The highest BCUT2D eigenvalue weighted by atomic mass is 14.9. The van der Waals surface area contributed by atoms with Gasteiger partial charge >= 0.3 is 0 Å². The van der Waals surface area contributed by atoms with Crippen LogP contribution in [-0.2, 0) is 0 Å². The summed E-state index contributed by atoms with van der Waals surface area (Å²) in [7, 11) is 0. The van der Waals surface area contributed by atoms with Gasteiger partial charge in [-0.2, -0.15) is 0 Å². The zero-order valence-corrected chi connectivity index (χ0v) is 7.83. The Morgan fingerprint density at radius 2 is 2.31 bits per heavy atom. The van der Waals surface area contributed by atoms with E-state index >= 15 is 0 Å². The lowest BCUT2D eigenvalue weighted by Crippen LogP contribution is -2.09. The van der Waals surface area contributed by atoms with Gasteiger partial charge in [0.2, 0.25) is 0 Å². The first kappa shape index (κ1) is 11.2. The van der Waals surface area contributed by atoms with E-state index in [2.05, 4.69) is 29.7 Å². The van der Waals surface area contributed by atoms with Crippen LogP contribution in [-0.4, -0.2) is 11.5 Å². The molecular formula is C11H14N2. The fraction of sp³-hybridized carbons (Fsp3) is 0.182. The first-order chi connectivity index (χ1) is 6.34. The van der Waals surface area contributed by atoms with E-state index in [9.17, 15) is 0 Å². The summed E-state index contributed by atoms with van der Waals surface area (Å²) in [6.07, 6.45) is 11.5. The molecular weight excluding hydrogens is 160 g/mol. The van der Waals surface area contributed by atoms with Crippen molar-refractivity contribution in [2.75, 3.05) is 6.54 Å². The lowest BCUT2D eigenvalue weighted by Gasteiger charge is -2.05. The van der Waals surface area contributed by atoms with E-state index in [-0.39, 0.29) is 0 Å². The van der Waals surface area contributed by atoms with E-state index in [0.29, 0.717) is 0 Å². The maximum absolute atomic E-state index is 4.00. The molecule has 68 valence electrons. The largest absolute Gasteiger partial charge is 0.385 e. The molecule has 0 amide bonds. The molecule has 13 heavy (non-hydrogen) atoms. The van der Waals surface area contributed by atoms with E-state index < -0.39 is 0 Å². The minimum Gasteiger partial charge on any atom is -0.385 e. The maximum atomic E-state index is 4.00. The lowest BCUT2D eigenvalue weighted by atomic mass is 10.2. The Hall–Kier alpha value is -1.75. The number of nitrogens with zero attached hydrogens (tertiary/aromatic N) is 1. The average Bonchev–Trinajstić information content (AvgIpc) is 2.23. The molecule has 0 aliphatic rings. The molecule has 2 heteroatoms. The van der Waals surface area contributed by atoms with Crippen LogP contribution in [0.25, 0.3) is 5.70 Å². The summed E-state index contributed by atoms with van der Waals surface area (Å²) < 4.78 is 0. The third-order valence-electron chi connectivity index (χ3n) is 1.40. The molecule has 1 heterocycles. The van der Waals surface area contributed by atoms with Crippen LogP contribution in [0.5, 0.6) is 0 Å².